The van der Waals surface area contributed by atoms with Crippen LogP contribution in [0.15, 0.2) is 18.2 Å². The molecule has 0 fully saturated rings. The molecule has 5 heteroatoms. The minimum Gasteiger partial charge on any atom is -0.493 e. The number of hydrogen-bond acceptors (Lipinski definition) is 5. The maximum Gasteiger partial charge on any atom is 0.356 e. The molecular formula is C12H17NO4. The largest absolute Gasteiger partial charge is 0.493 e. The summed E-state index contributed by atoms with van der Waals surface area (Å²) in [7, 11) is 3.05. The summed E-state index contributed by atoms with van der Waals surface area (Å²) >= 11 is 0. The predicted molar refractivity (Wildman–Crippen MR) is 63.2 cm³/mol. The number of benzene rings is 1. The third-order valence-corrected chi connectivity index (χ3v) is 2.01. The fourth-order valence-electron chi connectivity index (χ4n) is 1.19. The normalized spacial score (nSPS) is 10.2. The lowest BCUT2D eigenvalue weighted by molar-refractivity contribution is 0.0187. The van der Waals surface area contributed by atoms with Gasteiger partial charge in [-0.25, -0.2) is 4.79 Å². The summed E-state index contributed by atoms with van der Waals surface area (Å²) in [5.41, 5.74) is 2.99. The number of rotatable bonds is 5. The standard InChI is InChI=1S/C12H17NO4/c1-8(2)13-17-12(14)9-5-6-10(15-3)11(7-9)16-4/h5-8,13H,1-4H3. The molecule has 0 aliphatic rings. The Balaban J connectivity index is 2.81. The lowest BCUT2D eigenvalue weighted by Gasteiger charge is -2.10. The van der Waals surface area contributed by atoms with E-state index in [0.717, 1.165) is 0 Å². The highest BCUT2D eigenvalue weighted by atomic mass is 16.7. The summed E-state index contributed by atoms with van der Waals surface area (Å²) in [6, 6.07) is 4.92. The fourth-order valence-corrected chi connectivity index (χ4v) is 1.19. The van der Waals surface area contributed by atoms with Crippen LogP contribution < -0.4 is 15.0 Å². The highest BCUT2D eigenvalue weighted by molar-refractivity contribution is 5.90. The van der Waals surface area contributed by atoms with E-state index in [0.29, 0.717) is 17.1 Å². The summed E-state index contributed by atoms with van der Waals surface area (Å²) in [4.78, 5) is 16.5. The average molecular weight is 239 g/mol. The SMILES string of the molecule is COc1ccc(C(=O)ONC(C)C)cc1OC. The molecule has 0 aliphatic heterocycles. The van der Waals surface area contributed by atoms with Crippen molar-refractivity contribution in [2.24, 2.45) is 0 Å². The van der Waals surface area contributed by atoms with Crippen molar-refractivity contribution >= 4 is 5.97 Å². The summed E-state index contributed by atoms with van der Waals surface area (Å²) < 4.78 is 10.2. The van der Waals surface area contributed by atoms with Crippen molar-refractivity contribution in [1.82, 2.24) is 5.48 Å². The van der Waals surface area contributed by atoms with Crippen molar-refractivity contribution in [3.8, 4) is 11.5 Å². The van der Waals surface area contributed by atoms with Crippen LogP contribution in [0.1, 0.15) is 24.2 Å². The first kappa shape index (κ1) is 13.3. The van der Waals surface area contributed by atoms with E-state index in [9.17, 15) is 4.79 Å². The van der Waals surface area contributed by atoms with Gasteiger partial charge in [0.15, 0.2) is 11.5 Å². The minimum absolute atomic E-state index is 0.0686. The number of nitrogens with one attached hydrogen (secondary N) is 1. The molecule has 0 saturated heterocycles. The molecule has 1 aromatic rings. The third-order valence-electron chi connectivity index (χ3n) is 2.01. The molecule has 1 rings (SSSR count). The van der Waals surface area contributed by atoms with Crippen LogP contribution in [0.25, 0.3) is 0 Å². The summed E-state index contributed by atoms with van der Waals surface area (Å²) in [5.74, 6) is 0.604. The minimum atomic E-state index is -0.459. The van der Waals surface area contributed by atoms with Gasteiger partial charge in [0, 0.05) is 6.04 Å². The zero-order valence-corrected chi connectivity index (χ0v) is 10.4. The van der Waals surface area contributed by atoms with Gasteiger partial charge in [-0.2, -0.15) is 5.48 Å². The Labute approximate surface area is 101 Å². The van der Waals surface area contributed by atoms with Crippen LogP contribution in [0.4, 0.5) is 0 Å². The first-order valence-corrected chi connectivity index (χ1v) is 5.27. The van der Waals surface area contributed by atoms with E-state index in [1.54, 1.807) is 18.2 Å². The van der Waals surface area contributed by atoms with Crippen molar-refractivity contribution in [3.05, 3.63) is 23.8 Å². The van der Waals surface area contributed by atoms with Crippen LogP contribution in [-0.2, 0) is 4.84 Å². The lowest BCUT2D eigenvalue weighted by atomic mass is 10.2. The molecule has 0 heterocycles. The average Bonchev–Trinajstić information content (AvgIpc) is 2.34. The second-order valence-electron chi connectivity index (χ2n) is 3.73. The number of ether oxygens (including phenoxy) is 2. The quantitative estimate of drug-likeness (QED) is 0.794. The fraction of sp³-hybridized carbons (Fsp3) is 0.417. The Morgan fingerprint density at radius 3 is 2.35 bits per heavy atom. The van der Waals surface area contributed by atoms with E-state index in [2.05, 4.69) is 5.48 Å². The molecular weight excluding hydrogens is 222 g/mol. The lowest BCUT2D eigenvalue weighted by Crippen LogP contribution is -2.26. The summed E-state index contributed by atoms with van der Waals surface area (Å²) in [6.45, 7) is 3.75. The molecule has 0 bridgehead atoms. The van der Waals surface area contributed by atoms with Gasteiger partial charge >= 0.3 is 5.97 Å². The molecule has 94 valence electrons. The van der Waals surface area contributed by atoms with Gasteiger partial charge in [0.05, 0.1) is 19.8 Å². The molecule has 0 radical (unpaired) electrons. The van der Waals surface area contributed by atoms with Crippen molar-refractivity contribution in [1.29, 1.82) is 0 Å². The Bertz CT molecular complexity index is 390. The van der Waals surface area contributed by atoms with Crippen molar-refractivity contribution in [2.45, 2.75) is 19.9 Å². The first-order valence-electron chi connectivity index (χ1n) is 5.27. The topological polar surface area (TPSA) is 56.8 Å². The van der Waals surface area contributed by atoms with Gasteiger partial charge in [-0.1, -0.05) is 0 Å². The number of hydroxylamine groups is 1. The Morgan fingerprint density at radius 2 is 1.82 bits per heavy atom. The van der Waals surface area contributed by atoms with Crippen molar-refractivity contribution in [2.75, 3.05) is 14.2 Å². The smallest absolute Gasteiger partial charge is 0.356 e. The van der Waals surface area contributed by atoms with Gasteiger partial charge in [-0.3, -0.25) is 0 Å². The maximum absolute atomic E-state index is 11.6. The molecule has 0 amide bonds. The van der Waals surface area contributed by atoms with E-state index in [4.69, 9.17) is 14.3 Å². The van der Waals surface area contributed by atoms with Crippen LogP contribution in [0.5, 0.6) is 11.5 Å². The zero-order valence-electron chi connectivity index (χ0n) is 10.4. The summed E-state index contributed by atoms with van der Waals surface area (Å²) in [5, 5.41) is 0. The first-order chi connectivity index (χ1) is 8.08. The van der Waals surface area contributed by atoms with E-state index in [-0.39, 0.29) is 6.04 Å². The van der Waals surface area contributed by atoms with Crippen LogP contribution in [0.3, 0.4) is 0 Å². The molecule has 0 unspecified atom stereocenters. The summed E-state index contributed by atoms with van der Waals surface area (Å²) in [6.07, 6.45) is 0. The van der Waals surface area contributed by atoms with E-state index < -0.39 is 5.97 Å². The van der Waals surface area contributed by atoms with E-state index in [1.165, 1.54) is 14.2 Å². The van der Waals surface area contributed by atoms with Crippen LogP contribution in [0.2, 0.25) is 0 Å². The van der Waals surface area contributed by atoms with E-state index >= 15 is 0 Å². The number of carbonyl (C=O) groups is 1. The Hall–Kier alpha value is -1.75. The highest BCUT2D eigenvalue weighted by Gasteiger charge is 2.12. The second kappa shape index (κ2) is 6.10. The zero-order chi connectivity index (χ0) is 12.8. The van der Waals surface area contributed by atoms with Gasteiger partial charge in [-0.15, -0.1) is 0 Å². The van der Waals surface area contributed by atoms with Crippen molar-refractivity contribution < 1.29 is 19.1 Å². The molecule has 0 atom stereocenters. The van der Waals surface area contributed by atoms with Crippen LogP contribution >= 0.6 is 0 Å². The van der Waals surface area contributed by atoms with Crippen LogP contribution in [-0.4, -0.2) is 26.2 Å². The molecule has 0 aromatic heterocycles. The number of carbonyl (C=O) groups excluding carboxylic acids is 1. The molecule has 0 aliphatic carbocycles. The second-order valence-corrected chi connectivity index (χ2v) is 3.73. The van der Waals surface area contributed by atoms with Gasteiger partial charge in [0.1, 0.15) is 0 Å². The van der Waals surface area contributed by atoms with Crippen LogP contribution in [0, 0.1) is 0 Å². The van der Waals surface area contributed by atoms with Gasteiger partial charge in [-0.05, 0) is 32.0 Å². The molecule has 1 aromatic carbocycles. The Kier molecular flexibility index (Phi) is 4.78. The molecule has 1 N–H and O–H groups in total. The number of methoxy groups -OCH3 is 2. The molecule has 0 spiro atoms. The molecule has 17 heavy (non-hydrogen) atoms. The highest BCUT2D eigenvalue weighted by Crippen LogP contribution is 2.27. The maximum atomic E-state index is 11.6. The third kappa shape index (κ3) is 3.64. The molecule has 5 nitrogen and oxygen atoms in total. The van der Waals surface area contributed by atoms with Gasteiger partial charge < -0.3 is 14.3 Å². The monoisotopic (exact) mass is 239 g/mol. The predicted octanol–water partition coefficient (Wildman–Crippen LogP) is 1.77. The molecule has 0 saturated carbocycles. The van der Waals surface area contributed by atoms with Crippen molar-refractivity contribution in [3.63, 3.8) is 0 Å². The van der Waals surface area contributed by atoms with Gasteiger partial charge in [0.2, 0.25) is 0 Å². The van der Waals surface area contributed by atoms with E-state index in [1.807, 2.05) is 13.8 Å². The van der Waals surface area contributed by atoms with Gasteiger partial charge in [0.25, 0.3) is 0 Å². The Morgan fingerprint density at radius 1 is 1.18 bits per heavy atom. The number of hydrogen-bond donors (Lipinski definition) is 1.